The minimum absolute atomic E-state index is 0.0211. The maximum Gasteiger partial charge on any atom is 0.342 e. The lowest BCUT2D eigenvalue weighted by molar-refractivity contribution is 0.0689. The number of carboxylic acids is 1. The Labute approximate surface area is 149 Å². The molecule has 0 bridgehead atoms. The molecule has 3 N–H and O–H groups in total. The second-order valence-corrected chi connectivity index (χ2v) is 7.49. The van der Waals surface area contributed by atoms with E-state index in [4.69, 9.17) is 5.73 Å². The molecule has 0 amide bonds. The third-order valence-electron chi connectivity index (χ3n) is 4.74. The molecule has 0 aliphatic carbocycles. The van der Waals surface area contributed by atoms with Crippen LogP contribution in [0.15, 0.2) is 15.9 Å². The number of hydrogen-bond acceptors (Lipinski definition) is 5. The molecule has 26 heavy (non-hydrogen) atoms. The van der Waals surface area contributed by atoms with Gasteiger partial charge in [-0.1, -0.05) is 11.8 Å². The Morgan fingerprint density at radius 2 is 2.15 bits per heavy atom. The van der Waals surface area contributed by atoms with Crippen molar-refractivity contribution in [1.82, 2.24) is 4.57 Å². The van der Waals surface area contributed by atoms with Crippen molar-refractivity contribution in [1.29, 1.82) is 0 Å². The summed E-state index contributed by atoms with van der Waals surface area (Å²) < 4.78 is 44.2. The van der Waals surface area contributed by atoms with E-state index in [0.717, 1.165) is 22.4 Å². The first kappa shape index (κ1) is 17.2. The predicted molar refractivity (Wildman–Crippen MR) is 90.8 cm³/mol. The summed E-state index contributed by atoms with van der Waals surface area (Å²) in [6.07, 6.45) is 0.565. The molecule has 0 spiro atoms. The first-order valence-corrected chi connectivity index (χ1v) is 8.79. The Balaban J connectivity index is 2.06. The molecule has 4 rings (SSSR count). The molecular weight excluding hydrogens is 371 g/mol. The number of rotatable bonds is 3. The third-order valence-corrected chi connectivity index (χ3v) is 5.97. The van der Waals surface area contributed by atoms with Crippen molar-refractivity contribution in [3.63, 3.8) is 0 Å². The number of nitrogens with two attached hydrogens (primary N) is 1. The summed E-state index contributed by atoms with van der Waals surface area (Å²) in [4.78, 5) is 25.4. The fourth-order valence-electron chi connectivity index (χ4n) is 3.55. The maximum atomic E-state index is 15.2. The monoisotopic (exact) mass is 385 g/mol. The molecule has 3 heterocycles. The van der Waals surface area contributed by atoms with Crippen LogP contribution in [0.3, 0.4) is 0 Å². The summed E-state index contributed by atoms with van der Waals surface area (Å²) in [6, 6.07) is 0.608. The normalized spacial score (nSPS) is 21.8. The second kappa shape index (κ2) is 5.92. The fourth-order valence-corrected chi connectivity index (χ4v) is 4.66. The number of pyridine rings is 1. The Morgan fingerprint density at radius 1 is 1.42 bits per heavy atom. The highest BCUT2D eigenvalue weighted by Crippen LogP contribution is 2.48. The summed E-state index contributed by atoms with van der Waals surface area (Å²) in [5.41, 5.74) is 3.63. The van der Waals surface area contributed by atoms with Crippen molar-refractivity contribution >= 4 is 34.3 Å². The van der Waals surface area contributed by atoms with Gasteiger partial charge in [0.2, 0.25) is 5.43 Å². The summed E-state index contributed by atoms with van der Waals surface area (Å²) in [7, 11) is 0. The number of alkyl halides is 1. The van der Waals surface area contributed by atoms with Gasteiger partial charge in [-0.25, -0.2) is 18.0 Å². The minimum atomic E-state index is -1.51. The molecule has 0 radical (unpaired) electrons. The summed E-state index contributed by atoms with van der Waals surface area (Å²) in [6.45, 7) is -0.271. The van der Waals surface area contributed by atoms with Crippen molar-refractivity contribution in [3.05, 3.63) is 33.5 Å². The van der Waals surface area contributed by atoms with Crippen LogP contribution in [0, 0.1) is 11.6 Å². The molecule has 6 nitrogen and oxygen atoms in total. The Hall–Kier alpha value is -2.20. The number of aromatic carboxylic acids is 1. The molecule has 1 fully saturated rings. The van der Waals surface area contributed by atoms with Gasteiger partial charge in [0.25, 0.3) is 0 Å². The van der Waals surface area contributed by atoms with Crippen molar-refractivity contribution in [2.75, 3.05) is 24.7 Å². The molecule has 2 atom stereocenters. The zero-order chi connectivity index (χ0) is 18.7. The number of carboxylic acid groups (broad SMARTS) is 1. The molecular formula is C16H14F3N3O3S. The zero-order valence-corrected chi connectivity index (χ0v) is 14.2. The van der Waals surface area contributed by atoms with Crippen molar-refractivity contribution in [2.24, 2.45) is 5.73 Å². The first-order valence-electron chi connectivity index (χ1n) is 7.91. The van der Waals surface area contributed by atoms with Gasteiger partial charge in [-0.3, -0.25) is 4.79 Å². The number of anilines is 1. The van der Waals surface area contributed by atoms with E-state index in [-0.39, 0.29) is 28.8 Å². The zero-order valence-electron chi connectivity index (χ0n) is 13.3. The van der Waals surface area contributed by atoms with Crippen molar-refractivity contribution in [2.45, 2.75) is 22.9 Å². The highest BCUT2D eigenvalue weighted by molar-refractivity contribution is 8.00. The van der Waals surface area contributed by atoms with E-state index in [2.05, 4.69) is 0 Å². The quantitative estimate of drug-likeness (QED) is 0.841. The van der Waals surface area contributed by atoms with E-state index in [1.807, 2.05) is 0 Å². The lowest BCUT2D eigenvalue weighted by atomic mass is 10.1. The number of carbonyl (C=O) groups is 1. The van der Waals surface area contributed by atoms with Crippen LogP contribution in [0.5, 0.6) is 0 Å². The number of benzene rings is 1. The van der Waals surface area contributed by atoms with Crippen LogP contribution in [-0.4, -0.2) is 41.4 Å². The van der Waals surface area contributed by atoms with Gasteiger partial charge in [-0.2, -0.15) is 0 Å². The smallest absolute Gasteiger partial charge is 0.342 e. The molecule has 1 aromatic carbocycles. The van der Waals surface area contributed by atoms with Gasteiger partial charge < -0.3 is 20.3 Å². The first-order chi connectivity index (χ1) is 12.3. The van der Waals surface area contributed by atoms with Crippen LogP contribution >= 0.6 is 11.8 Å². The summed E-state index contributed by atoms with van der Waals surface area (Å²) >= 11 is 0.848. The molecule has 1 aromatic heterocycles. The summed E-state index contributed by atoms with van der Waals surface area (Å²) in [5.74, 6) is -3.48. The molecule has 138 valence electrons. The van der Waals surface area contributed by atoms with E-state index in [1.165, 1.54) is 4.90 Å². The van der Waals surface area contributed by atoms with Crippen LogP contribution in [0.2, 0.25) is 0 Å². The van der Waals surface area contributed by atoms with Gasteiger partial charge >= 0.3 is 5.97 Å². The average molecular weight is 385 g/mol. The molecule has 2 aliphatic heterocycles. The molecule has 10 heteroatoms. The number of thioether (sulfide) groups is 1. The number of hydrogen-bond donors (Lipinski definition) is 2. The predicted octanol–water partition coefficient (Wildman–Crippen LogP) is 2.09. The molecule has 0 saturated carbocycles. The van der Waals surface area contributed by atoms with Crippen molar-refractivity contribution in [3.8, 4) is 0 Å². The van der Waals surface area contributed by atoms with E-state index in [9.17, 15) is 23.5 Å². The molecule has 1 saturated heterocycles. The fraction of sp³-hybridized carbons (Fsp3) is 0.375. The van der Waals surface area contributed by atoms with Gasteiger partial charge in [0.05, 0.1) is 15.9 Å². The number of aromatic nitrogens is 1. The summed E-state index contributed by atoms with van der Waals surface area (Å²) in [5, 5.41) is 8.00. The van der Waals surface area contributed by atoms with Crippen LogP contribution < -0.4 is 16.1 Å². The van der Waals surface area contributed by atoms with Crippen LogP contribution in [0.1, 0.15) is 22.2 Å². The van der Waals surface area contributed by atoms with Crippen molar-refractivity contribution < 1.29 is 23.1 Å². The Bertz CT molecular complexity index is 1010. The standard InChI is InChI=1S/C16H14F3N3O3S/c17-4-9-22-12-7(14(23)10(16(24)25)15(22)26-9)3-8(18)13(11(12)19)21-2-1-6(20)5-21/h3,6,9H,1-2,4-5,20H2,(H,24,25)/t6-,9?/m0/s1. The van der Waals surface area contributed by atoms with E-state index < -0.39 is 46.0 Å². The van der Waals surface area contributed by atoms with Crippen LogP contribution in [0.4, 0.5) is 18.9 Å². The average Bonchev–Trinajstić information content (AvgIpc) is 2.97. The van der Waals surface area contributed by atoms with Gasteiger partial charge in [0, 0.05) is 19.1 Å². The highest BCUT2D eigenvalue weighted by Gasteiger charge is 2.38. The Morgan fingerprint density at radius 3 is 2.73 bits per heavy atom. The van der Waals surface area contributed by atoms with E-state index >= 15 is 4.39 Å². The maximum absolute atomic E-state index is 15.2. The minimum Gasteiger partial charge on any atom is -0.477 e. The lowest BCUT2D eigenvalue weighted by Crippen LogP contribution is -2.32. The van der Waals surface area contributed by atoms with E-state index in [1.54, 1.807) is 0 Å². The third kappa shape index (κ3) is 2.25. The highest BCUT2D eigenvalue weighted by atomic mass is 32.2. The molecule has 1 unspecified atom stereocenters. The van der Waals surface area contributed by atoms with Crippen LogP contribution in [0.25, 0.3) is 10.9 Å². The SMILES string of the molecule is N[C@H]1CCN(c2c(F)cc3c(=O)c(C(=O)O)c4n(c3c2F)C(CF)S4)C1. The molecule has 2 aromatic rings. The van der Waals surface area contributed by atoms with Gasteiger partial charge in [0.1, 0.15) is 29.1 Å². The van der Waals surface area contributed by atoms with Gasteiger partial charge in [0.15, 0.2) is 5.82 Å². The number of nitrogens with zero attached hydrogens (tertiary/aromatic N) is 2. The van der Waals surface area contributed by atoms with E-state index in [0.29, 0.717) is 13.0 Å². The number of fused-ring (bicyclic) bond motifs is 3. The topological polar surface area (TPSA) is 88.6 Å². The number of halogens is 3. The Kier molecular flexibility index (Phi) is 3.92. The largest absolute Gasteiger partial charge is 0.477 e. The van der Waals surface area contributed by atoms with Gasteiger partial charge in [-0.05, 0) is 12.5 Å². The molecule has 2 aliphatic rings. The van der Waals surface area contributed by atoms with Gasteiger partial charge in [-0.15, -0.1) is 0 Å². The second-order valence-electron chi connectivity index (χ2n) is 6.32. The van der Waals surface area contributed by atoms with Crippen LogP contribution in [-0.2, 0) is 0 Å². The lowest BCUT2D eigenvalue weighted by Gasteiger charge is -2.34.